The van der Waals surface area contributed by atoms with Crippen LogP contribution in [0.25, 0.3) is 11.3 Å². The Kier molecular flexibility index (Phi) is 4.56. The first-order chi connectivity index (χ1) is 11.1. The highest BCUT2D eigenvalue weighted by Gasteiger charge is 2.24. The summed E-state index contributed by atoms with van der Waals surface area (Å²) in [6.45, 7) is 6.24. The van der Waals surface area contributed by atoms with Crippen LogP contribution in [0.15, 0.2) is 34.9 Å². The van der Waals surface area contributed by atoms with Gasteiger partial charge in [0.25, 0.3) is 5.91 Å². The molecule has 2 unspecified atom stereocenters. The normalized spacial score (nSPS) is 21.2. The van der Waals surface area contributed by atoms with E-state index in [-0.39, 0.29) is 5.91 Å². The standard InChI is InChI=1S/C20H25NO2/c1-13-7-4-5-8-17(13)21-20(22)19-14(2)11-16(12-15(19)3)18-9-6-10-23-18/h6,9-13,17H,4-5,7-8H2,1-3H3,(H,21,22). The quantitative estimate of drug-likeness (QED) is 0.878. The third-order valence-corrected chi connectivity index (χ3v) is 4.99. The van der Waals surface area contributed by atoms with Gasteiger partial charge in [-0.2, -0.15) is 0 Å². The predicted octanol–water partition coefficient (Wildman–Crippen LogP) is 4.87. The first-order valence-corrected chi connectivity index (χ1v) is 8.52. The highest BCUT2D eigenvalue weighted by atomic mass is 16.3. The molecule has 1 aromatic heterocycles. The average molecular weight is 311 g/mol. The number of hydrogen-bond acceptors (Lipinski definition) is 2. The van der Waals surface area contributed by atoms with Crippen molar-refractivity contribution in [3.8, 4) is 11.3 Å². The summed E-state index contributed by atoms with van der Waals surface area (Å²) in [6, 6.07) is 8.19. The van der Waals surface area contributed by atoms with Gasteiger partial charge in [0.2, 0.25) is 0 Å². The highest BCUT2D eigenvalue weighted by molar-refractivity contribution is 5.98. The summed E-state index contributed by atoms with van der Waals surface area (Å²) >= 11 is 0. The van der Waals surface area contributed by atoms with Crippen molar-refractivity contribution >= 4 is 5.91 Å². The molecule has 1 aromatic carbocycles. The lowest BCUT2D eigenvalue weighted by Gasteiger charge is -2.30. The van der Waals surface area contributed by atoms with E-state index in [0.29, 0.717) is 12.0 Å². The van der Waals surface area contributed by atoms with E-state index in [1.54, 1.807) is 6.26 Å². The fourth-order valence-electron chi connectivity index (χ4n) is 3.68. The molecule has 122 valence electrons. The van der Waals surface area contributed by atoms with Crippen LogP contribution < -0.4 is 5.32 Å². The predicted molar refractivity (Wildman–Crippen MR) is 92.5 cm³/mol. The number of nitrogens with one attached hydrogen (secondary N) is 1. The summed E-state index contributed by atoms with van der Waals surface area (Å²) in [5.41, 5.74) is 3.82. The Morgan fingerprint density at radius 3 is 2.48 bits per heavy atom. The maximum Gasteiger partial charge on any atom is 0.252 e. The van der Waals surface area contributed by atoms with Crippen molar-refractivity contribution in [1.29, 1.82) is 0 Å². The van der Waals surface area contributed by atoms with E-state index in [0.717, 1.165) is 34.4 Å². The maximum absolute atomic E-state index is 12.8. The van der Waals surface area contributed by atoms with Gasteiger partial charge in [-0.3, -0.25) is 4.79 Å². The molecule has 1 aliphatic carbocycles. The van der Waals surface area contributed by atoms with Crippen molar-refractivity contribution < 1.29 is 9.21 Å². The van der Waals surface area contributed by atoms with Gasteiger partial charge in [-0.15, -0.1) is 0 Å². The van der Waals surface area contributed by atoms with Crippen LogP contribution in [0.2, 0.25) is 0 Å². The number of benzene rings is 1. The van der Waals surface area contributed by atoms with Gasteiger partial charge in [0.15, 0.2) is 0 Å². The zero-order chi connectivity index (χ0) is 16.4. The molecule has 1 fully saturated rings. The molecular weight excluding hydrogens is 286 g/mol. The second-order valence-corrected chi connectivity index (χ2v) is 6.80. The van der Waals surface area contributed by atoms with E-state index < -0.39 is 0 Å². The second kappa shape index (κ2) is 6.61. The molecule has 0 radical (unpaired) electrons. The van der Waals surface area contributed by atoms with Gasteiger partial charge >= 0.3 is 0 Å². The molecule has 3 heteroatoms. The first kappa shape index (κ1) is 15.9. The number of aryl methyl sites for hydroxylation is 2. The fraction of sp³-hybridized carbons (Fsp3) is 0.450. The van der Waals surface area contributed by atoms with Gasteiger partial charge in [0.1, 0.15) is 5.76 Å². The number of furan rings is 1. The Labute approximate surface area is 138 Å². The summed E-state index contributed by atoms with van der Waals surface area (Å²) in [6.07, 6.45) is 6.47. The van der Waals surface area contributed by atoms with Gasteiger partial charge < -0.3 is 9.73 Å². The van der Waals surface area contributed by atoms with Crippen LogP contribution in [-0.2, 0) is 0 Å². The van der Waals surface area contributed by atoms with Crippen LogP contribution in [-0.4, -0.2) is 11.9 Å². The number of hydrogen-bond donors (Lipinski definition) is 1. The van der Waals surface area contributed by atoms with Crippen LogP contribution in [0.3, 0.4) is 0 Å². The van der Waals surface area contributed by atoms with Gasteiger partial charge in [0, 0.05) is 17.2 Å². The molecule has 1 N–H and O–H groups in total. The van der Waals surface area contributed by atoms with Gasteiger partial charge in [-0.1, -0.05) is 19.8 Å². The molecule has 3 nitrogen and oxygen atoms in total. The van der Waals surface area contributed by atoms with E-state index in [4.69, 9.17) is 4.42 Å². The largest absolute Gasteiger partial charge is 0.464 e. The second-order valence-electron chi connectivity index (χ2n) is 6.80. The molecule has 2 aromatic rings. The highest BCUT2D eigenvalue weighted by Crippen LogP contribution is 2.27. The fourth-order valence-corrected chi connectivity index (χ4v) is 3.68. The van der Waals surface area contributed by atoms with Crippen molar-refractivity contribution in [2.75, 3.05) is 0 Å². The molecule has 1 aliphatic rings. The van der Waals surface area contributed by atoms with Crippen molar-refractivity contribution in [3.63, 3.8) is 0 Å². The maximum atomic E-state index is 12.8. The number of amides is 1. The van der Waals surface area contributed by atoms with Crippen molar-refractivity contribution in [3.05, 3.63) is 47.2 Å². The molecule has 0 saturated heterocycles. The topological polar surface area (TPSA) is 42.2 Å². The van der Waals surface area contributed by atoms with E-state index >= 15 is 0 Å². The molecule has 0 aliphatic heterocycles. The zero-order valence-electron chi connectivity index (χ0n) is 14.2. The lowest BCUT2D eigenvalue weighted by molar-refractivity contribution is 0.0909. The van der Waals surface area contributed by atoms with Gasteiger partial charge in [0.05, 0.1) is 6.26 Å². The Morgan fingerprint density at radius 2 is 1.87 bits per heavy atom. The third kappa shape index (κ3) is 3.34. The summed E-state index contributed by atoms with van der Waals surface area (Å²) in [5.74, 6) is 1.46. The van der Waals surface area contributed by atoms with Gasteiger partial charge in [-0.25, -0.2) is 0 Å². The monoisotopic (exact) mass is 311 g/mol. The number of carbonyl (C=O) groups excluding carboxylic acids is 1. The molecule has 1 amide bonds. The summed E-state index contributed by atoms with van der Waals surface area (Å²) < 4.78 is 5.46. The Bertz CT molecular complexity index is 665. The molecule has 3 rings (SSSR count). The summed E-state index contributed by atoms with van der Waals surface area (Å²) in [7, 11) is 0. The minimum absolute atomic E-state index is 0.0599. The molecule has 1 saturated carbocycles. The molecule has 2 atom stereocenters. The molecule has 0 bridgehead atoms. The Hall–Kier alpha value is -2.03. The van der Waals surface area contributed by atoms with Crippen molar-refractivity contribution in [2.24, 2.45) is 5.92 Å². The van der Waals surface area contributed by atoms with Gasteiger partial charge in [-0.05, 0) is 68.0 Å². The van der Waals surface area contributed by atoms with Crippen LogP contribution in [0.4, 0.5) is 0 Å². The van der Waals surface area contributed by atoms with E-state index in [2.05, 4.69) is 12.2 Å². The smallest absolute Gasteiger partial charge is 0.252 e. The van der Waals surface area contributed by atoms with Crippen LogP contribution >= 0.6 is 0 Å². The molecule has 0 spiro atoms. The van der Waals surface area contributed by atoms with Crippen LogP contribution in [0, 0.1) is 19.8 Å². The number of rotatable bonds is 3. The lowest BCUT2D eigenvalue weighted by atomic mass is 9.85. The van der Waals surface area contributed by atoms with Crippen LogP contribution in [0.5, 0.6) is 0 Å². The van der Waals surface area contributed by atoms with E-state index in [1.165, 1.54) is 19.3 Å². The van der Waals surface area contributed by atoms with E-state index in [1.807, 2.05) is 38.1 Å². The first-order valence-electron chi connectivity index (χ1n) is 8.52. The Morgan fingerprint density at radius 1 is 1.17 bits per heavy atom. The van der Waals surface area contributed by atoms with E-state index in [9.17, 15) is 4.79 Å². The third-order valence-electron chi connectivity index (χ3n) is 4.99. The minimum atomic E-state index is 0.0599. The summed E-state index contributed by atoms with van der Waals surface area (Å²) in [4.78, 5) is 12.8. The SMILES string of the molecule is Cc1cc(-c2ccco2)cc(C)c1C(=O)NC1CCCCC1C. The molecular formula is C20H25NO2. The molecule has 1 heterocycles. The summed E-state index contributed by atoms with van der Waals surface area (Å²) in [5, 5.41) is 3.26. The van der Waals surface area contributed by atoms with Crippen LogP contribution in [0.1, 0.15) is 54.1 Å². The molecule has 23 heavy (non-hydrogen) atoms. The lowest BCUT2D eigenvalue weighted by Crippen LogP contribution is -2.41. The number of carbonyl (C=O) groups is 1. The van der Waals surface area contributed by atoms with Crippen molar-refractivity contribution in [2.45, 2.75) is 52.5 Å². The minimum Gasteiger partial charge on any atom is -0.464 e. The zero-order valence-corrected chi connectivity index (χ0v) is 14.2. The van der Waals surface area contributed by atoms with Crippen molar-refractivity contribution in [1.82, 2.24) is 5.32 Å². The average Bonchev–Trinajstić information content (AvgIpc) is 3.03. The Balaban J connectivity index is 1.83.